The van der Waals surface area contributed by atoms with E-state index in [1.165, 1.54) is 13.2 Å². The Kier molecular flexibility index (Phi) is 10.0. The number of nitrogens with one attached hydrogen (secondary N) is 1. The van der Waals surface area contributed by atoms with Crippen LogP contribution in [-0.2, 0) is 30.2 Å². The normalized spacial score (nSPS) is 15.1. The summed E-state index contributed by atoms with van der Waals surface area (Å²) in [5.41, 5.74) is -3.36. The third kappa shape index (κ3) is 8.38. The van der Waals surface area contributed by atoms with Crippen LogP contribution in [0.2, 0.25) is 0 Å². The minimum absolute atomic E-state index is 0.0427. The van der Waals surface area contributed by atoms with Crippen LogP contribution in [0.25, 0.3) is 0 Å². The molecule has 1 saturated heterocycles. The van der Waals surface area contributed by atoms with Crippen LogP contribution in [-0.4, -0.2) is 57.8 Å². The quantitative estimate of drug-likeness (QED) is 0.205. The summed E-state index contributed by atoms with van der Waals surface area (Å²) in [5.74, 6) is 1.62. The van der Waals surface area contributed by atoms with E-state index in [0.717, 1.165) is 23.1 Å². The van der Waals surface area contributed by atoms with E-state index in [1.807, 2.05) is 4.90 Å². The number of rotatable bonds is 11. The highest BCUT2D eigenvalue weighted by Gasteiger charge is 2.38. The van der Waals surface area contributed by atoms with Crippen LogP contribution in [0.3, 0.4) is 0 Å². The third-order valence-electron chi connectivity index (χ3n) is 7.56. The third-order valence-corrected chi connectivity index (χ3v) is 7.56. The van der Waals surface area contributed by atoms with Gasteiger partial charge >= 0.3 is 12.4 Å². The van der Waals surface area contributed by atoms with Gasteiger partial charge in [0.2, 0.25) is 0 Å². The molecule has 1 aliphatic rings. The molecule has 1 N–H and O–H groups in total. The number of aromatic nitrogens is 5. The standard InChI is InChI=1S/C30H31F6N7O4/c1-18(39-23-14-38-43(28(44)26(23)30(34,35)36)15-19-3-6-22(45-2)7-4-19)16-46-17-25-40-27(41-47-25)20-9-11-42(12-10-20)24-8-5-21(13-37-24)29(31,32)33/h3-8,13-14,18,20,39H,9-12,15-17H2,1-2H3. The Balaban J connectivity index is 1.12. The predicted molar refractivity (Wildman–Crippen MR) is 156 cm³/mol. The summed E-state index contributed by atoms with van der Waals surface area (Å²) < 4.78 is 97.1. The zero-order chi connectivity index (χ0) is 33.8. The first-order valence-corrected chi connectivity index (χ1v) is 14.6. The zero-order valence-electron chi connectivity index (χ0n) is 25.3. The first-order valence-electron chi connectivity index (χ1n) is 14.6. The van der Waals surface area contributed by atoms with E-state index in [-0.39, 0.29) is 31.6 Å². The number of ether oxygens (including phenoxy) is 2. The van der Waals surface area contributed by atoms with Crippen LogP contribution < -0.4 is 20.5 Å². The van der Waals surface area contributed by atoms with Crippen molar-refractivity contribution in [1.29, 1.82) is 0 Å². The van der Waals surface area contributed by atoms with E-state index in [0.29, 0.717) is 48.9 Å². The van der Waals surface area contributed by atoms with E-state index in [4.69, 9.17) is 14.0 Å². The summed E-state index contributed by atoms with van der Waals surface area (Å²) in [4.78, 5) is 23.0. The number of benzene rings is 1. The van der Waals surface area contributed by atoms with Gasteiger partial charge in [-0.15, -0.1) is 0 Å². The van der Waals surface area contributed by atoms with Crippen LogP contribution >= 0.6 is 0 Å². The van der Waals surface area contributed by atoms with Crippen molar-refractivity contribution in [2.45, 2.75) is 57.2 Å². The molecule has 4 heterocycles. The molecule has 1 unspecified atom stereocenters. The van der Waals surface area contributed by atoms with Crippen molar-refractivity contribution in [3.05, 3.63) is 87.6 Å². The first kappa shape index (κ1) is 33.7. The van der Waals surface area contributed by atoms with E-state index in [1.54, 1.807) is 31.2 Å². The van der Waals surface area contributed by atoms with Gasteiger partial charge in [0.15, 0.2) is 5.82 Å². The van der Waals surface area contributed by atoms with E-state index in [2.05, 4.69) is 25.5 Å². The summed E-state index contributed by atoms with van der Waals surface area (Å²) in [5, 5.41) is 10.6. The Hall–Kier alpha value is -4.67. The molecule has 0 saturated carbocycles. The lowest BCUT2D eigenvalue weighted by atomic mass is 9.96. The molecule has 0 amide bonds. The monoisotopic (exact) mass is 667 g/mol. The highest BCUT2D eigenvalue weighted by Crippen LogP contribution is 2.33. The van der Waals surface area contributed by atoms with Crippen molar-refractivity contribution in [1.82, 2.24) is 24.9 Å². The number of pyridine rings is 1. The zero-order valence-corrected chi connectivity index (χ0v) is 25.3. The SMILES string of the molecule is COc1ccc(Cn2ncc(NC(C)COCc3nc(C4CCN(c5ccc(C(F)(F)F)cn5)CC4)no3)c(C(F)(F)F)c2=O)cc1. The number of anilines is 2. The average Bonchev–Trinajstić information content (AvgIpc) is 3.51. The summed E-state index contributed by atoms with van der Waals surface area (Å²) in [6, 6.07) is 8.23. The van der Waals surface area contributed by atoms with Gasteiger partial charge in [-0.1, -0.05) is 17.3 Å². The maximum absolute atomic E-state index is 14.0. The van der Waals surface area contributed by atoms with E-state index >= 15 is 0 Å². The smallest absolute Gasteiger partial charge is 0.423 e. The van der Waals surface area contributed by atoms with E-state index < -0.39 is 40.8 Å². The number of hydrogen-bond donors (Lipinski definition) is 1. The van der Waals surface area contributed by atoms with Gasteiger partial charge < -0.3 is 24.2 Å². The van der Waals surface area contributed by atoms with Crippen molar-refractivity contribution in [2.24, 2.45) is 0 Å². The van der Waals surface area contributed by atoms with Crippen LogP contribution in [0.4, 0.5) is 37.8 Å². The van der Waals surface area contributed by atoms with Gasteiger partial charge in [0.1, 0.15) is 23.7 Å². The van der Waals surface area contributed by atoms with Gasteiger partial charge in [-0.05, 0) is 49.6 Å². The van der Waals surface area contributed by atoms with Crippen LogP contribution in [0.1, 0.15) is 54.1 Å². The summed E-state index contributed by atoms with van der Waals surface area (Å²) >= 11 is 0. The molecule has 0 aliphatic carbocycles. The Morgan fingerprint density at radius 1 is 1.02 bits per heavy atom. The molecule has 5 rings (SSSR count). The number of alkyl halides is 6. The second-order valence-electron chi connectivity index (χ2n) is 11.0. The maximum Gasteiger partial charge on any atom is 0.423 e. The fourth-order valence-corrected chi connectivity index (χ4v) is 5.12. The van der Waals surface area contributed by atoms with Crippen molar-refractivity contribution in [3.63, 3.8) is 0 Å². The molecule has 1 fully saturated rings. The molecule has 17 heteroatoms. The Morgan fingerprint density at radius 2 is 1.74 bits per heavy atom. The number of hydrogen-bond acceptors (Lipinski definition) is 10. The van der Waals surface area contributed by atoms with Crippen LogP contribution in [0.5, 0.6) is 5.75 Å². The Morgan fingerprint density at radius 3 is 2.36 bits per heavy atom. The minimum Gasteiger partial charge on any atom is -0.497 e. The van der Waals surface area contributed by atoms with Gasteiger partial charge in [0.05, 0.1) is 37.7 Å². The molecule has 3 aromatic heterocycles. The molecule has 0 spiro atoms. The molecule has 1 aliphatic heterocycles. The highest BCUT2D eigenvalue weighted by molar-refractivity contribution is 5.50. The second-order valence-corrected chi connectivity index (χ2v) is 11.0. The van der Waals surface area contributed by atoms with Crippen molar-refractivity contribution >= 4 is 11.5 Å². The fraction of sp³-hybridized carbons (Fsp3) is 0.433. The lowest BCUT2D eigenvalue weighted by molar-refractivity contribution is -0.139. The van der Waals surface area contributed by atoms with Crippen molar-refractivity contribution in [2.75, 3.05) is 37.0 Å². The average molecular weight is 668 g/mol. The number of nitrogens with zero attached hydrogens (tertiary/aromatic N) is 6. The first-order chi connectivity index (χ1) is 22.3. The maximum atomic E-state index is 14.0. The number of piperidine rings is 1. The van der Waals surface area contributed by atoms with Gasteiger partial charge in [-0.3, -0.25) is 4.79 Å². The van der Waals surface area contributed by atoms with E-state index in [9.17, 15) is 31.1 Å². The van der Waals surface area contributed by atoms with Gasteiger partial charge in [0, 0.05) is 31.2 Å². The molecule has 252 valence electrons. The molecule has 1 aromatic carbocycles. The second kappa shape index (κ2) is 14.0. The highest BCUT2D eigenvalue weighted by atomic mass is 19.4. The Bertz CT molecular complexity index is 1680. The predicted octanol–water partition coefficient (Wildman–Crippen LogP) is 5.52. The molecule has 4 aromatic rings. The fourth-order valence-electron chi connectivity index (χ4n) is 5.12. The van der Waals surface area contributed by atoms with Gasteiger partial charge in [-0.25, -0.2) is 9.67 Å². The molecular formula is C30H31F6N7O4. The molecule has 47 heavy (non-hydrogen) atoms. The van der Waals surface area contributed by atoms with Crippen LogP contribution in [0, 0.1) is 0 Å². The number of methoxy groups -OCH3 is 1. The molecule has 11 nitrogen and oxygen atoms in total. The largest absolute Gasteiger partial charge is 0.497 e. The topological polar surface area (TPSA) is 120 Å². The summed E-state index contributed by atoms with van der Waals surface area (Å²) in [6.45, 7) is 2.35. The van der Waals surface area contributed by atoms with Gasteiger partial charge in [-0.2, -0.15) is 36.4 Å². The van der Waals surface area contributed by atoms with Crippen LogP contribution in [0.15, 0.2) is 58.1 Å². The van der Waals surface area contributed by atoms with Gasteiger partial charge in [0.25, 0.3) is 11.4 Å². The summed E-state index contributed by atoms with van der Waals surface area (Å²) in [7, 11) is 1.49. The Labute approximate surface area is 264 Å². The van der Waals surface area contributed by atoms with Crippen molar-refractivity contribution in [3.8, 4) is 5.75 Å². The minimum atomic E-state index is -4.94. The lowest BCUT2D eigenvalue weighted by Gasteiger charge is -2.31. The lowest BCUT2D eigenvalue weighted by Crippen LogP contribution is -2.34. The number of halogens is 6. The van der Waals surface area contributed by atoms with Crippen molar-refractivity contribution < 1.29 is 40.3 Å². The molecular weight excluding hydrogens is 636 g/mol. The molecule has 1 atom stereocenters. The molecule has 0 bridgehead atoms. The summed E-state index contributed by atoms with van der Waals surface area (Å²) in [6.07, 6.45) is -6.36. The molecule has 0 radical (unpaired) electrons.